The van der Waals surface area contributed by atoms with Gasteiger partial charge in [-0.05, 0) is 59.8 Å². The largest absolute Gasteiger partial charge is 0.508 e. The zero-order chi connectivity index (χ0) is 18.1. The van der Waals surface area contributed by atoms with E-state index < -0.39 is 0 Å². The van der Waals surface area contributed by atoms with Gasteiger partial charge in [0.1, 0.15) is 11.5 Å². The molecule has 0 saturated carbocycles. The number of phenolic OH excluding ortho intramolecular Hbond substituents is 2. The van der Waals surface area contributed by atoms with E-state index in [9.17, 15) is 10.2 Å². The van der Waals surface area contributed by atoms with Gasteiger partial charge in [-0.1, -0.05) is 43.1 Å². The van der Waals surface area contributed by atoms with Gasteiger partial charge in [-0.15, -0.1) is 0 Å². The van der Waals surface area contributed by atoms with Gasteiger partial charge in [-0.3, -0.25) is 0 Å². The molecular weight excluding hydrogens is 456 g/mol. The van der Waals surface area contributed by atoms with Crippen LogP contribution in [0.2, 0.25) is 0 Å². The van der Waals surface area contributed by atoms with E-state index in [1.54, 1.807) is 30.5 Å². The van der Waals surface area contributed by atoms with Crippen LogP contribution in [0.1, 0.15) is 17.5 Å². The molecule has 6 nitrogen and oxygen atoms in total. The van der Waals surface area contributed by atoms with E-state index in [0.717, 1.165) is 14.5 Å². The molecule has 0 amide bonds. The molecule has 0 saturated heterocycles. The molecule has 0 unspecified atom stereocenters. The Kier molecular flexibility index (Phi) is 7.77. The summed E-state index contributed by atoms with van der Waals surface area (Å²) in [5.74, 6) is 0.355. The smallest absolute Gasteiger partial charge is 0.124 e. The van der Waals surface area contributed by atoms with Crippen molar-refractivity contribution in [3.05, 3.63) is 68.7 Å². The van der Waals surface area contributed by atoms with Gasteiger partial charge >= 0.3 is 0 Å². The molecule has 8 heteroatoms. The number of allylic oxidation sites excluding steroid dienone is 1. The van der Waals surface area contributed by atoms with E-state index in [-0.39, 0.29) is 11.5 Å². The number of hydrogen-bond acceptors (Lipinski definition) is 6. The summed E-state index contributed by atoms with van der Waals surface area (Å²) in [5, 5.41) is 22.9. The van der Waals surface area contributed by atoms with Crippen LogP contribution < -0.4 is 5.48 Å². The number of nitrogens with zero attached hydrogens (tertiary/aromatic N) is 1. The number of nitrogens with one attached hydrogen (secondary N) is 1. The van der Waals surface area contributed by atoms with Crippen LogP contribution in [-0.4, -0.2) is 16.4 Å². The van der Waals surface area contributed by atoms with Gasteiger partial charge < -0.3 is 10.2 Å². The Balaban J connectivity index is 1.66. The topological polar surface area (TPSA) is 83.3 Å². The van der Waals surface area contributed by atoms with Crippen molar-refractivity contribution in [2.45, 2.75) is 12.8 Å². The normalized spacial score (nSPS) is 11.3. The van der Waals surface area contributed by atoms with Crippen molar-refractivity contribution in [3.63, 3.8) is 0 Å². The van der Waals surface area contributed by atoms with Crippen molar-refractivity contribution in [3.8, 4) is 11.5 Å². The fourth-order valence-corrected chi connectivity index (χ4v) is 2.69. The SMILES string of the molecule is Oc1ccc(Br)cc1C=NOONC=CCCc1cc(Br)ccc1O. The molecule has 3 N–H and O–H groups in total. The number of hydrogen-bond donors (Lipinski definition) is 3. The monoisotopic (exact) mass is 470 g/mol. The second kappa shape index (κ2) is 10.1. The van der Waals surface area contributed by atoms with Gasteiger partial charge in [0.2, 0.25) is 0 Å². The molecule has 0 aliphatic rings. The maximum Gasteiger partial charge on any atom is 0.124 e. The summed E-state index contributed by atoms with van der Waals surface area (Å²) in [4.78, 5) is 9.20. The summed E-state index contributed by atoms with van der Waals surface area (Å²) in [6.45, 7) is 0. The molecule has 2 rings (SSSR count). The van der Waals surface area contributed by atoms with Crippen molar-refractivity contribution in [1.29, 1.82) is 0 Å². The molecule has 132 valence electrons. The number of rotatable bonds is 8. The Bertz CT molecular complexity index is 766. The van der Waals surface area contributed by atoms with Crippen molar-refractivity contribution >= 4 is 38.1 Å². The zero-order valence-electron chi connectivity index (χ0n) is 13.0. The fourth-order valence-electron chi connectivity index (χ4n) is 1.90. The molecule has 0 spiro atoms. The van der Waals surface area contributed by atoms with E-state index in [1.165, 1.54) is 12.3 Å². The number of halogens is 2. The molecule has 0 heterocycles. The Hall–Kier alpha value is -2.03. The van der Waals surface area contributed by atoms with Crippen LogP contribution in [0.25, 0.3) is 0 Å². The van der Waals surface area contributed by atoms with Crippen LogP contribution in [0.3, 0.4) is 0 Å². The number of aryl methyl sites for hydroxylation is 1. The fraction of sp³-hybridized carbons (Fsp3) is 0.118. The van der Waals surface area contributed by atoms with Crippen LogP contribution in [-0.2, 0) is 16.4 Å². The van der Waals surface area contributed by atoms with Crippen LogP contribution in [0.15, 0.2) is 62.8 Å². The first-order valence-corrected chi connectivity index (χ1v) is 8.87. The van der Waals surface area contributed by atoms with Crippen molar-refractivity contribution in [1.82, 2.24) is 5.48 Å². The standard InChI is InChI=1S/C17H16Br2N2O4/c18-14-4-6-16(22)12(9-14)3-1-2-8-20-24-25-21-11-13-10-15(19)5-7-17(13)23/h2,4-11,20,22-23H,1,3H2. The lowest BCUT2D eigenvalue weighted by molar-refractivity contribution is -0.327. The van der Waals surface area contributed by atoms with E-state index in [0.29, 0.717) is 18.4 Å². The van der Waals surface area contributed by atoms with Crippen LogP contribution in [0, 0.1) is 0 Å². The van der Waals surface area contributed by atoms with Crippen molar-refractivity contribution in [2.24, 2.45) is 5.16 Å². The molecule has 0 bridgehead atoms. The Labute approximate surface area is 161 Å². The van der Waals surface area contributed by atoms with Gasteiger partial charge in [0.15, 0.2) is 0 Å². The molecule has 0 radical (unpaired) electrons. The summed E-state index contributed by atoms with van der Waals surface area (Å²) >= 11 is 6.66. The predicted octanol–water partition coefficient (Wildman–Crippen LogP) is 4.56. The number of oxime groups is 1. The van der Waals surface area contributed by atoms with Crippen molar-refractivity contribution in [2.75, 3.05) is 0 Å². The highest BCUT2D eigenvalue weighted by atomic mass is 79.9. The highest BCUT2D eigenvalue weighted by molar-refractivity contribution is 9.10. The first-order valence-electron chi connectivity index (χ1n) is 7.29. The van der Waals surface area contributed by atoms with Gasteiger partial charge in [0, 0.05) is 20.7 Å². The number of hydroxylamine groups is 1. The van der Waals surface area contributed by atoms with E-state index in [4.69, 9.17) is 0 Å². The average Bonchev–Trinajstić information content (AvgIpc) is 2.59. The highest BCUT2D eigenvalue weighted by Crippen LogP contribution is 2.23. The molecule has 25 heavy (non-hydrogen) atoms. The van der Waals surface area contributed by atoms with Crippen LogP contribution in [0.5, 0.6) is 11.5 Å². The third-order valence-corrected chi connectivity index (χ3v) is 4.10. The molecule has 2 aromatic carbocycles. The minimum absolute atomic E-state index is 0.0826. The van der Waals surface area contributed by atoms with E-state index >= 15 is 0 Å². The van der Waals surface area contributed by atoms with Gasteiger partial charge in [0.05, 0.1) is 6.21 Å². The molecule has 0 atom stereocenters. The minimum atomic E-state index is 0.0826. The first kappa shape index (κ1) is 19.3. The summed E-state index contributed by atoms with van der Waals surface area (Å²) < 4.78 is 1.73. The van der Waals surface area contributed by atoms with Gasteiger partial charge in [-0.25, -0.2) is 5.48 Å². The van der Waals surface area contributed by atoms with Gasteiger partial charge in [-0.2, -0.15) is 4.99 Å². The first-order chi connectivity index (χ1) is 12.1. The predicted molar refractivity (Wildman–Crippen MR) is 102 cm³/mol. The molecule has 0 aromatic heterocycles. The highest BCUT2D eigenvalue weighted by Gasteiger charge is 2.00. The lowest BCUT2D eigenvalue weighted by Crippen LogP contribution is -2.04. The van der Waals surface area contributed by atoms with Crippen molar-refractivity contribution < 1.29 is 20.2 Å². The Morgan fingerprint density at radius 3 is 2.56 bits per heavy atom. The maximum absolute atomic E-state index is 9.72. The lowest BCUT2D eigenvalue weighted by atomic mass is 10.1. The Morgan fingerprint density at radius 1 is 1.04 bits per heavy atom. The molecule has 2 aromatic rings. The van der Waals surface area contributed by atoms with Crippen LogP contribution >= 0.6 is 31.9 Å². The minimum Gasteiger partial charge on any atom is -0.508 e. The third kappa shape index (κ3) is 6.77. The number of phenols is 2. The summed E-state index contributed by atoms with van der Waals surface area (Å²) in [6, 6.07) is 10.3. The Morgan fingerprint density at radius 2 is 1.76 bits per heavy atom. The molecule has 0 fully saturated rings. The third-order valence-electron chi connectivity index (χ3n) is 3.12. The summed E-state index contributed by atoms with van der Waals surface area (Å²) in [7, 11) is 0. The van der Waals surface area contributed by atoms with E-state index in [1.807, 2.05) is 12.1 Å². The zero-order valence-corrected chi connectivity index (χ0v) is 16.2. The lowest BCUT2D eigenvalue weighted by Gasteiger charge is -2.03. The maximum atomic E-state index is 9.72. The number of aromatic hydroxyl groups is 2. The quantitative estimate of drug-likeness (QED) is 0.227. The number of benzene rings is 2. The average molecular weight is 472 g/mol. The summed E-state index contributed by atoms with van der Waals surface area (Å²) in [6.07, 6.45) is 6.09. The summed E-state index contributed by atoms with van der Waals surface area (Å²) in [5.41, 5.74) is 3.79. The van der Waals surface area contributed by atoms with Crippen LogP contribution in [0.4, 0.5) is 0 Å². The molecule has 0 aliphatic carbocycles. The molecular formula is C17H16Br2N2O4. The second-order valence-electron chi connectivity index (χ2n) is 4.93. The second-order valence-corrected chi connectivity index (χ2v) is 6.76. The van der Waals surface area contributed by atoms with E-state index in [2.05, 4.69) is 52.5 Å². The molecule has 0 aliphatic heterocycles. The van der Waals surface area contributed by atoms with Gasteiger partial charge in [0.25, 0.3) is 0 Å².